The Bertz CT molecular complexity index is 998. The first-order valence-electron chi connectivity index (χ1n) is 7.56. The third kappa shape index (κ3) is 2.66. The van der Waals surface area contributed by atoms with E-state index in [1.165, 1.54) is 12.1 Å². The van der Waals surface area contributed by atoms with Gasteiger partial charge in [0.15, 0.2) is 11.5 Å². The molecule has 10 heteroatoms. The number of anilines is 1. The molecule has 1 aliphatic heterocycles. The second kappa shape index (κ2) is 5.63. The summed E-state index contributed by atoms with van der Waals surface area (Å²) in [7, 11) is 0. The number of hydrogen-bond acceptors (Lipinski definition) is 4. The van der Waals surface area contributed by atoms with Crippen molar-refractivity contribution in [1.82, 2.24) is 14.5 Å². The zero-order valence-corrected chi connectivity index (χ0v) is 12.9. The standard InChI is InChI=1S/C16H11F5N4O/c17-13(18)15-23-10-3-4-11(16(19,20)21)24-14(10)25(15)8-1-2-9-7(5-8)6-12(26)22-9/h1-5,12-13,22,26H,6H2. The average Bonchev–Trinajstić information content (AvgIpc) is 3.11. The second-order valence-electron chi connectivity index (χ2n) is 5.85. The minimum absolute atomic E-state index is 0.0630. The summed E-state index contributed by atoms with van der Waals surface area (Å²) < 4.78 is 66.7. The van der Waals surface area contributed by atoms with Crippen LogP contribution in [0.1, 0.15) is 23.5 Å². The fourth-order valence-corrected chi connectivity index (χ4v) is 3.00. The zero-order valence-electron chi connectivity index (χ0n) is 12.9. The lowest BCUT2D eigenvalue weighted by Gasteiger charge is -2.11. The summed E-state index contributed by atoms with van der Waals surface area (Å²) in [6.45, 7) is 0. The van der Waals surface area contributed by atoms with Crippen molar-refractivity contribution in [1.29, 1.82) is 0 Å². The summed E-state index contributed by atoms with van der Waals surface area (Å²) in [5.41, 5.74) is -0.0692. The predicted molar refractivity (Wildman–Crippen MR) is 82.2 cm³/mol. The van der Waals surface area contributed by atoms with Crippen LogP contribution in [0.4, 0.5) is 27.6 Å². The fraction of sp³-hybridized carbons (Fsp3) is 0.250. The van der Waals surface area contributed by atoms with Gasteiger partial charge in [-0.2, -0.15) is 13.2 Å². The van der Waals surface area contributed by atoms with Gasteiger partial charge in [0, 0.05) is 17.8 Å². The molecular formula is C16H11F5N4O. The molecule has 5 nitrogen and oxygen atoms in total. The maximum Gasteiger partial charge on any atom is 0.433 e. The van der Waals surface area contributed by atoms with Crippen LogP contribution in [0.2, 0.25) is 0 Å². The number of imidazole rings is 1. The Kier molecular flexibility index (Phi) is 3.62. The number of rotatable bonds is 2. The lowest BCUT2D eigenvalue weighted by atomic mass is 10.1. The van der Waals surface area contributed by atoms with Crippen LogP contribution in [0.15, 0.2) is 30.3 Å². The zero-order chi connectivity index (χ0) is 18.6. The number of aliphatic hydroxyl groups is 1. The highest BCUT2D eigenvalue weighted by Crippen LogP contribution is 2.34. The molecule has 2 N–H and O–H groups in total. The maximum atomic E-state index is 13.4. The monoisotopic (exact) mass is 370 g/mol. The van der Waals surface area contributed by atoms with E-state index < -0.39 is 30.3 Å². The summed E-state index contributed by atoms with van der Waals surface area (Å²) in [4.78, 5) is 7.25. The molecule has 0 saturated heterocycles. The van der Waals surface area contributed by atoms with E-state index in [1.54, 1.807) is 6.07 Å². The second-order valence-corrected chi connectivity index (χ2v) is 5.85. The number of halogens is 5. The van der Waals surface area contributed by atoms with Gasteiger partial charge in [-0.15, -0.1) is 0 Å². The van der Waals surface area contributed by atoms with Gasteiger partial charge in [-0.05, 0) is 35.9 Å². The van der Waals surface area contributed by atoms with Crippen LogP contribution < -0.4 is 5.32 Å². The van der Waals surface area contributed by atoms with Crippen molar-refractivity contribution in [3.63, 3.8) is 0 Å². The van der Waals surface area contributed by atoms with Crippen LogP contribution in [0, 0.1) is 0 Å². The third-order valence-corrected chi connectivity index (χ3v) is 4.10. The van der Waals surface area contributed by atoms with Crippen LogP contribution in [-0.4, -0.2) is 25.9 Å². The van der Waals surface area contributed by atoms with Crippen molar-refractivity contribution in [2.24, 2.45) is 0 Å². The first-order chi connectivity index (χ1) is 12.2. The molecule has 0 amide bonds. The quantitative estimate of drug-likeness (QED) is 0.676. The van der Waals surface area contributed by atoms with Gasteiger partial charge in [-0.3, -0.25) is 4.57 Å². The summed E-state index contributed by atoms with van der Waals surface area (Å²) in [6, 6.07) is 6.27. The summed E-state index contributed by atoms with van der Waals surface area (Å²) in [5.74, 6) is -0.696. The molecule has 0 saturated carbocycles. The van der Waals surface area contributed by atoms with Gasteiger partial charge >= 0.3 is 6.18 Å². The molecule has 3 heterocycles. The van der Waals surface area contributed by atoms with Crippen molar-refractivity contribution >= 4 is 16.9 Å². The van der Waals surface area contributed by atoms with Gasteiger partial charge in [0.25, 0.3) is 6.43 Å². The van der Waals surface area contributed by atoms with E-state index in [-0.39, 0.29) is 23.3 Å². The van der Waals surface area contributed by atoms with E-state index in [9.17, 15) is 27.1 Å². The highest BCUT2D eigenvalue weighted by molar-refractivity contribution is 5.75. The molecule has 26 heavy (non-hydrogen) atoms. The van der Waals surface area contributed by atoms with Crippen molar-refractivity contribution in [2.45, 2.75) is 25.3 Å². The first-order valence-corrected chi connectivity index (χ1v) is 7.56. The topological polar surface area (TPSA) is 63.0 Å². The molecule has 0 aliphatic carbocycles. The van der Waals surface area contributed by atoms with E-state index in [1.807, 2.05) is 0 Å². The Labute approximate surface area is 143 Å². The molecule has 2 aromatic heterocycles. The normalized spacial score (nSPS) is 17.0. The number of hydrogen-bond donors (Lipinski definition) is 2. The van der Waals surface area contributed by atoms with Crippen LogP contribution in [0.25, 0.3) is 16.9 Å². The predicted octanol–water partition coefficient (Wildman–Crippen LogP) is 3.66. The molecule has 1 aliphatic rings. The van der Waals surface area contributed by atoms with E-state index >= 15 is 0 Å². The number of aliphatic hydroxyl groups excluding tert-OH is 1. The molecule has 0 fully saturated rings. The summed E-state index contributed by atoms with van der Waals surface area (Å²) in [5, 5.41) is 12.4. The SMILES string of the molecule is OC1Cc2cc(-n3c(C(F)F)nc4ccc(C(F)(F)F)nc43)ccc2N1. The number of fused-ring (bicyclic) bond motifs is 2. The molecule has 1 atom stereocenters. The molecule has 0 spiro atoms. The highest BCUT2D eigenvalue weighted by Gasteiger charge is 2.34. The Hall–Kier alpha value is -2.75. The minimum Gasteiger partial charge on any atom is -0.373 e. The van der Waals surface area contributed by atoms with Gasteiger partial charge in [0.1, 0.15) is 17.4 Å². The van der Waals surface area contributed by atoms with Gasteiger partial charge < -0.3 is 10.4 Å². The fourth-order valence-electron chi connectivity index (χ4n) is 3.00. The smallest absolute Gasteiger partial charge is 0.373 e. The number of benzene rings is 1. The van der Waals surface area contributed by atoms with Crippen molar-refractivity contribution in [3.05, 3.63) is 47.4 Å². The van der Waals surface area contributed by atoms with Crippen molar-refractivity contribution in [2.75, 3.05) is 5.32 Å². The Morgan fingerprint density at radius 2 is 1.92 bits per heavy atom. The van der Waals surface area contributed by atoms with E-state index in [0.29, 0.717) is 17.3 Å². The lowest BCUT2D eigenvalue weighted by Crippen LogP contribution is -2.12. The summed E-state index contributed by atoms with van der Waals surface area (Å²) >= 11 is 0. The molecule has 1 unspecified atom stereocenters. The minimum atomic E-state index is -4.71. The molecule has 3 aromatic rings. The number of nitrogens with one attached hydrogen (secondary N) is 1. The van der Waals surface area contributed by atoms with Crippen molar-refractivity contribution < 1.29 is 27.1 Å². The Balaban J connectivity index is 1.95. The highest BCUT2D eigenvalue weighted by atomic mass is 19.4. The number of aromatic nitrogens is 3. The molecule has 4 rings (SSSR count). The Morgan fingerprint density at radius 1 is 1.15 bits per heavy atom. The number of nitrogens with zero attached hydrogens (tertiary/aromatic N) is 3. The van der Waals surface area contributed by atoms with E-state index in [2.05, 4.69) is 15.3 Å². The van der Waals surface area contributed by atoms with Crippen LogP contribution >= 0.6 is 0 Å². The molecule has 1 aromatic carbocycles. The first kappa shape index (κ1) is 16.7. The van der Waals surface area contributed by atoms with Gasteiger partial charge in [0.2, 0.25) is 0 Å². The summed E-state index contributed by atoms with van der Waals surface area (Å²) in [6.07, 6.45) is -8.26. The molecule has 0 bridgehead atoms. The lowest BCUT2D eigenvalue weighted by molar-refractivity contribution is -0.141. The van der Waals surface area contributed by atoms with E-state index in [4.69, 9.17) is 0 Å². The van der Waals surface area contributed by atoms with Crippen LogP contribution in [-0.2, 0) is 12.6 Å². The van der Waals surface area contributed by atoms with E-state index in [0.717, 1.165) is 10.6 Å². The van der Waals surface area contributed by atoms with Gasteiger partial charge in [-0.1, -0.05) is 0 Å². The maximum absolute atomic E-state index is 13.4. The molecular weight excluding hydrogens is 359 g/mol. The van der Waals surface area contributed by atoms with Crippen molar-refractivity contribution in [3.8, 4) is 5.69 Å². The molecule has 136 valence electrons. The van der Waals surface area contributed by atoms with Gasteiger partial charge in [-0.25, -0.2) is 18.7 Å². The Morgan fingerprint density at radius 3 is 2.62 bits per heavy atom. The van der Waals surface area contributed by atoms with Crippen LogP contribution in [0.5, 0.6) is 0 Å². The molecule has 0 radical (unpaired) electrons. The average molecular weight is 370 g/mol. The largest absolute Gasteiger partial charge is 0.433 e. The van der Waals surface area contributed by atoms with Crippen LogP contribution in [0.3, 0.4) is 0 Å². The number of pyridine rings is 1. The van der Waals surface area contributed by atoms with Gasteiger partial charge in [0.05, 0.1) is 0 Å². The number of alkyl halides is 5. The third-order valence-electron chi connectivity index (χ3n) is 4.10.